The van der Waals surface area contributed by atoms with Crippen LogP contribution >= 0.6 is 0 Å². The molecule has 7 nitrogen and oxygen atoms in total. The van der Waals surface area contributed by atoms with E-state index in [-0.39, 0.29) is 16.8 Å². The largest absolute Gasteiger partial charge is 0.460 e. The summed E-state index contributed by atoms with van der Waals surface area (Å²) in [6.45, 7) is 4.28. The second kappa shape index (κ2) is 7.16. The number of hydrogen-bond acceptors (Lipinski definition) is 4. The summed E-state index contributed by atoms with van der Waals surface area (Å²) >= 11 is 0. The molecule has 0 aliphatic carbocycles. The third-order valence-electron chi connectivity index (χ3n) is 3.83. The summed E-state index contributed by atoms with van der Waals surface area (Å²) in [5.74, 6) is 1.49. The van der Waals surface area contributed by atoms with Crippen LogP contribution in [0.4, 0.5) is 5.69 Å². The maximum Gasteiger partial charge on any atom is 0.282 e. The number of quaternary nitrogens is 1. The Morgan fingerprint density at radius 2 is 1.88 bits per heavy atom. The van der Waals surface area contributed by atoms with Crippen LogP contribution in [0, 0.1) is 6.92 Å². The molecule has 24 heavy (non-hydrogen) atoms. The lowest BCUT2D eigenvalue weighted by Gasteiger charge is -2.20. The lowest BCUT2D eigenvalue weighted by atomic mass is 10.2. The maximum absolute atomic E-state index is 12.3. The Balaban J connectivity index is 1.98. The highest BCUT2D eigenvalue weighted by Gasteiger charge is 2.23. The van der Waals surface area contributed by atoms with E-state index in [1.165, 1.54) is 24.3 Å². The lowest BCUT2D eigenvalue weighted by molar-refractivity contribution is -0.908. The third kappa shape index (κ3) is 4.67. The normalized spacial score (nSPS) is 14.2. The Morgan fingerprint density at radius 1 is 1.25 bits per heavy atom. The van der Waals surface area contributed by atoms with E-state index in [2.05, 4.69) is 5.32 Å². The van der Waals surface area contributed by atoms with E-state index in [4.69, 9.17) is 9.56 Å². The molecule has 8 heteroatoms. The Bertz CT molecular complexity index is 812. The van der Waals surface area contributed by atoms with Crippen LogP contribution in [-0.4, -0.2) is 27.4 Å². The summed E-state index contributed by atoms with van der Waals surface area (Å²) in [6, 6.07) is 9.21. The van der Waals surface area contributed by atoms with Crippen molar-refractivity contribution < 1.29 is 22.5 Å². The molecule has 0 aliphatic heterocycles. The molecule has 0 bridgehead atoms. The average molecular weight is 352 g/mol. The van der Waals surface area contributed by atoms with Crippen molar-refractivity contribution in [3.05, 3.63) is 47.9 Å². The molecule has 0 spiro atoms. The van der Waals surface area contributed by atoms with Crippen LogP contribution < -0.4 is 15.4 Å². The van der Waals surface area contributed by atoms with Gasteiger partial charge in [0.2, 0.25) is 10.0 Å². The Hall–Kier alpha value is -2.16. The van der Waals surface area contributed by atoms with Gasteiger partial charge in [0.15, 0.2) is 11.8 Å². The van der Waals surface area contributed by atoms with Crippen molar-refractivity contribution in [1.82, 2.24) is 0 Å². The summed E-state index contributed by atoms with van der Waals surface area (Å²) in [7, 11) is -1.83. The Labute approximate surface area is 141 Å². The quantitative estimate of drug-likeness (QED) is 0.694. The topological polar surface area (TPSA) is 107 Å². The molecule has 2 aromatic rings. The zero-order valence-corrected chi connectivity index (χ0v) is 14.7. The van der Waals surface area contributed by atoms with Gasteiger partial charge in [0.05, 0.1) is 11.9 Å². The number of aryl methyl sites for hydroxylation is 1. The number of carbonyl (C=O) groups is 1. The first-order chi connectivity index (χ1) is 11.2. The van der Waals surface area contributed by atoms with Gasteiger partial charge < -0.3 is 14.6 Å². The van der Waals surface area contributed by atoms with Gasteiger partial charge in [0.25, 0.3) is 5.91 Å². The smallest absolute Gasteiger partial charge is 0.282 e. The zero-order valence-electron chi connectivity index (χ0n) is 13.9. The number of likely N-dealkylation sites (N-methyl/N-ethyl adjacent to an activating group) is 1. The SMILES string of the molecule is Cc1ccc(C[NH+](C)[C@H](C)C(=O)Nc2ccc(S(N)(=O)=O)cc2)o1. The van der Waals surface area contributed by atoms with Crippen LogP contribution in [0.3, 0.4) is 0 Å². The van der Waals surface area contributed by atoms with Crippen molar-refractivity contribution in [2.75, 3.05) is 12.4 Å². The molecule has 4 N–H and O–H groups in total. The van der Waals surface area contributed by atoms with E-state index >= 15 is 0 Å². The van der Waals surface area contributed by atoms with Crippen LogP contribution in [-0.2, 0) is 21.4 Å². The highest BCUT2D eigenvalue weighted by Crippen LogP contribution is 2.12. The van der Waals surface area contributed by atoms with Crippen LogP contribution in [0.25, 0.3) is 0 Å². The summed E-state index contributed by atoms with van der Waals surface area (Å²) in [4.78, 5) is 13.3. The lowest BCUT2D eigenvalue weighted by Crippen LogP contribution is -3.12. The first kappa shape index (κ1) is 18.2. The van der Waals surface area contributed by atoms with Crippen LogP contribution in [0.1, 0.15) is 18.4 Å². The van der Waals surface area contributed by atoms with Gasteiger partial charge in [-0.15, -0.1) is 0 Å². The van der Waals surface area contributed by atoms with Crippen molar-refractivity contribution in [2.45, 2.75) is 31.3 Å². The fraction of sp³-hybridized carbons (Fsp3) is 0.312. The van der Waals surface area contributed by atoms with Crippen LogP contribution in [0.2, 0.25) is 0 Å². The number of sulfonamides is 1. The second-order valence-electron chi connectivity index (χ2n) is 5.82. The number of nitrogens with two attached hydrogens (primary N) is 1. The minimum absolute atomic E-state index is 0.00415. The van der Waals surface area contributed by atoms with Gasteiger partial charge in [-0.2, -0.15) is 0 Å². The number of carbonyl (C=O) groups excluding carboxylic acids is 1. The molecule has 1 amide bonds. The molecule has 1 heterocycles. The molecule has 0 saturated heterocycles. The van der Waals surface area contributed by atoms with Gasteiger partial charge in [0, 0.05) is 5.69 Å². The van der Waals surface area contributed by atoms with E-state index in [1.807, 2.05) is 33.0 Å². The van der Waals surface area contributed by atoms with Crippen molar-refractivity contribution in [3.63, 3.8) is 0 Å². The van der Waals surface area contributed by atoms with E-state index in [0.29, 0.717) is 12.2 Å². The number of furan rings is 1. The first-order valence-electron chi connectivity index (χ1n) is 7.48. The van der Waals surface area contributed by atoms with E-state index in [9.17, 15) is 13.2 Å². The number of benzene rings is 1. The molecule has 1 aromatic heterocycles. The summed E-state index contributed by atoms with van der Waals surface area (Å²) in [5, 5.41) is 7.81. The predicted octanol–water partition coefficient (Wildman–Crippen LogP) is 0.277. The Morgan fingerprint density at radius 3 is 2.38 bits per heavy atom. The van der Waals surface area contributed by atoms with Gasteiger partial charge in [-0.05, 0) is 50.2 Å². The molecular weight excluding hydrogens is 330 g/mol. The number of nitrogens with one attached hydrogen (secondary N) is 2. The van der Waals surface area contributed by atoms with Crippen molar-refractivity contribution in [1.29, 1.82) is 0 Å². The van der Waals surface area contributed by atoms with E-state index in [0.717, 1.165) is 16.4 Å². The van der Waals surface area contributed by atoms with Gasteiger partial charge in [-0.25, -0.2) is 13.6 Å². The molecule has 1 aromatic carbocycles. The molecule has 2 atom stereocenters. The fourth-order valence-corrected chi connectivity index (χ4v) is 2.73. The predicted molar refractivity (Wildman–Crippen MR) is 89.9 cm³/mol. The second-order valence-corrected chi connectivity index (χ2v) is 7.38. The summed E-state index contributed by atoms with van der Waals surface area (Å²) in [6.07, 6.45) is 0. The molecule has 0 radical (unpaired) electrons. The summed E-state index contributed by atoms with van der Waals surface area (Å²) < 4.78 is 28.0. The maximum atomic E-state index is 12.3. The molecule has 0 aliphatic rings. The summed E-state index contributed by atoms with van der Waals surface area (Å²) in [5.41, 5.74) is 0.515. The van der Waals surface area contributed by atoms with Gasteiger partial charge in [-0.1, -0.05) is 0 Å². The Kier molecular flexibility index (Phi) is 5.43. The highest BCUT2D eigenvalue weighted by atomic mass is 32.2. The minimum atomic E-state index is -3.74. The average Bonchev–Trinajstić information content (AvgIpc) is 2.91. The molecule has 1 unspecified atom stereocenters. The molecule has 0 fully saturated rings. The van der Waals surface area contributed by atoms with Gasteiger partial charge in [-0.3, -0.25) is 4.79 Å². The van der Waals surface area contributed by atoms with Crippen molar-refractivity contribution in [3.8, 4) is 0 Å². The van der Waals surface area contributed by atoms with Crippen LogP contribution in [0.5, 0.6) is 0 Å². The standard InChI is InChI=1S/C16H21N3O4S/c1-11-4-7-14(23-11)10-19(3)12(2)16(20)18-13-5-8-15(9-6-13)24(17,21)22/h4-9,12H,10H2,1-3H3,(H,18,20)(H2,17,21,22)/p+1/t12-/m1/s1. The first-order valence-corrected chi connectivity index (χ1v) is 9.03. The van der Waals surface area contributed by atoms with E-state index < -0.39 is 10.0 Å². The number of hydrogen-bond donors (Lipinski definition) is 3. The zero-order chi connectivity index (χ0) is 17.9. The number of amides is 1. The monoisotopic (exact) mass is 352 g/mol. The van der Waals surface area contributed by atoms with Gasteiger partial charge in [0.1, 0.15) is 12.3 Å². The molecule has 0 saturated carbocycles. The van der Waals surface area contributed by atoms with Crippen LogP contribution in [0.15, 0.2) is 45.7 Å². The molecule has 130 valence electrons. The molecular formula is C16H22N3O4S+. The third-order valence-corrected chi connectivity index (χ3v) is 4.76. The van der Waals surface area contributed by atoms with E-state index in [1.54, 1.807) is 0 Å². The number of primary sulfonamides is 1. The highest BCUT2D eigenvalue weighted by molar-refractivity contribution is 7.89. The fourth-order valence-electron chi connectivity index (χ4n) is 2.21. The number of rotatable bonds is 6. The number of anilines is 1. The molecule has 2 rings (SSSR count). The van der Waals surface area contributed by atoms with Crippen molar-refractivity contribution >= 4 is 21.6 Å². The minimum Gasteiger partial charge on any atom is -0.460 e. The van der Waals surface area contributed by atoms with Crippen molar-refractivity contribution in [2.24, 2.45) is 5.14 Å². The van der Waals surface area contributed by atoms with Gasteiger partial charge >= 0.3 is 0 Å².